The van der Waals surface area contributed by atoms with Gasteiger partial charge in [-0.3, -0.25) is 9.67 Å². The van der Waals surface area contributed by atoms with Gasteiger partial charge in [0.25, 0.3) is 0 Å². The van der Waals surface area contributed by atoms with Crippen molar-refractivity contribution in [3.8, 4) is 0 Å². The van der Waals surface area contributed by atoms with Gasteiger partial charge in [0, 0.05) is 38.6 Å². The number of aliphatic imine (C=N–C) groups is 1. The summed E-state index contributed by atoms with van der Waals surface area (Å²) in [5, 5.41) is 10.9. The van der Waals surface area contributed by atoms with Gasteiger partial charge in [-0.05, 0) is 44.0 Å². The highest BCUT2D eigenvalue weighted by Crippen LogP contribution is 2.10. The van der Waals surface area contributed by atoms with E-state index in [0.717, 1.165) is 30.8 Å². The Morgan fingerprint density at radius 2 is 1.88 bits per heavy atom. The summed E-state index contributed by atoms with van der Waals surface area (Å²) in [5.41, 5.74) is 3.19. The van der Waals surface area contributed by atoms with Crippen LogP contribution in [0.5, 0.6) is 0 Å². The summed E-state index contributed by atoms with van der Waals surface area (Å²) in [7, 11) is -1.43. The van der Waals surface area contributed by atoms with Crippen LogP contribution in [0, 0.1) is 13.8 Å². The molecule has 8 heteroatoms. The zero-order valence-electron chi connectivity index (χ0n) is 15.8. The number of aromatic nitrogens is 2. The van der Waals surface area contributed by atoms with Gasteiger partial charge >= 0.3 is 0 Å². The first-order valence-electron chi connectivity index (χ1n) is 8.54. The second-order valence-electron chi connectivity index (χ2n) is 6.27. The third kappa shape index (κ3) is 5.87. The second-order valence-corrected chi connectivity index (χ2v) is 8.29. The van der Waals surface area contributed by atoms with Crippen molar-refractivity contribution in [3.05, 3.63) is 47.3 Å². The van der Waals surface area contributed by atoms with Gasteiger partial charge in [0.1, 0.15) is 0 Å². The predicted octanol–water partition coefficient (Wildman–Crippen LogP) is 1.66. The van der Waals surface area contributed by atoms with Gasteiger partial charge in [-0.2, -0.15) is 5.10 Å². The minimum Gasteiger partial charge on any atom is -0.356 e. The van der Waals surface area contributed by atoms with Gasteiger partial charge in [0.15, 0.2) is 15.8 Å². The van der Waals surface area contributed by atoms with Crippen LogP contribution >= 0.6 is 0 Å². The first kappa shape index (κ1) is 20.0. The Morgan fingerprint density at radius 1 is 1.19 bits per heavy atom. The molecule has 0 bridgehead atoms. The number of nitrogens with zero attached hydrogens (tertiary/aromatic N) is 3. The molecule has 0 atom stereocenters. The Balaban J connectivity index is 1.76. The van der Waals surface area contributed by atoms with Crippen molar-refractivity contribution in [2.24, 2.45) is 4.99 Å². The Bertz CT molecular complexity index is 854. The fourth-order valence-electron chi connectivity index (χ4n) is 2.60. The molecule has 0 saturated carbocycles. The van der Waals surface area contributed by atoms with Gasteiger partial charge in [-0.15, -0.1) is 0 Å². The van der Waals surface area contributed by atoms with Crippen LogP contribution in [0.2, 0.25) is 0 Å². The SMILES string of the molecule is CN=C(NCCCn1nc(C)cc1C)NCc1ccc(S(C)(=O)=O)cc1. The maximum Gasteiger partial charge on any atom is 0.191 e. The van der Waals surface area contributed by atoms with Crippen molar-refractivity contribution in [3.63, 3.8) is 0 Å². The first-order valence-corrected chi connectivity index (χ1v) is 10.4. The van der Waals surface area contributed by atoms with E-state index in [1.165, 1.54) is 11.9 Å². The Kier molecular flexibility index (Phi) is 6.79. The molecular weight excluding hydrogens is 350 g/mol. The summed E-state index contributed by atoms with van der Waals surface area (Å²) in [4.78, 5) is 4.53. The lowest BCUT2D eigenvalue weighted by Crippen LogP contribution is -2.37. The number of rotatable bonds is 7. The summed E-state index contributed by atoms with van der Waals surface area (Å²) in [5.74, 6) is 0.713. The molecule has 0 unspecified atom stereocenters. The number of aryl methyl sites for hydroxylation is 3. The fourth-order valence-corrected chi connectivity index (χ4v) is 3.23. The van der Waals surface area contributed by atoms with Gasteiger partial charge in [-0.1, -0.05) is 12.1 Å². The highest BCUT2D eigenvalue weighted by atomic mass is 32.2. The van der Waals surface area contributed by atoms with Crippen LogP contribution in [-0.4, -0.2) is 44.0 Å². The molecule has 2 N–H and O–H groups in total. The van der Waals surface area contributed by atoms with Gasteiger partial charge in [-0.25, -0.2) is 8.42 Å². The lowest BCUT2D eigenvalue weighted by atomic mass is 10.2. The minimum atomic E-state index is -3.16. The van der Waals surface area contributed by atoms with Crippen LogP contribution in [0.4, 0.5) is 0 Å². The largest absolute Gasteiger partial charge is 0.356 e. The monoisotopic (exact) mass is 377 g/mol. The molecule has 0 aliphatic carbocycles. The van der Waals surface area contributed by atoms with E-state index in [4.69, 9.17) is 0 Å². The number of hydrogen-bond donors (Lipinski definition) is 2. The van der Waals surface area contributed by atoms with Crippen molar-refractivity contribution in [1.82, 2.24) is 20.4 Å². The minimum absolute atomic E-state index is 0.327. The van der Waals surface area contributed by atoms with Crippen molar-refractivity contribution >= 4 is 15.8 Å². The third-order valence-corrected chi connectivity index (χ3v) is 5.11. The number of guanidine groups is 1. The van der Waals surface area contributed by atoms with E-state index in [1.807, 2.05) is 11.6 Å². The lowest BCUT2D eigenvalue weighted by molar-refractivity contribution is 0.555. The average Bonchev–Trinajstić information content (AvgIpc) is 2.91. The Morgan fingerprint density at radius 3 is 2.42 bits per heavy atom. The standard InChI is InChI=1S/C18H27N5O2S/c1-14-12-15(2)23(22-14)11-5-10-20-18(19-3)21-13-16-6-8-17(9-7-16)26(4,24)25/h6-9,12H,5,10-11,13H2,1-4H3,(H2,19,20,21). The van der Waals surface area contributed by atoms with Crippen LogP contribution < -0.4 is 10.6 Å². The first-order chi connectivity index (χ1) is 12.3. The summed E-state index contributed by atoms with van der Waals surface area (Å²) in [6.45, 7) is 6.27. The number of nitrogens with one attached hydrogen (secondary N) is 2. The van der Waals surface area contributed by atoms with Gasteiger partial charge in [0.05, 0.1) is 10.6 Å². The molecule has 0 fully saturated rings. The maximum absolute atomic E-state index is 11.5. The Hall–Kier alpha value is -2.35. The average molecular weight is 378 g/mol. The summed E-state index contributed by atoms with van der Waals surface area (Å²) in [6.07, 6.45) is 2.14. The molecule has 0 radical (unpaired) electrons. The normalized spacial score (nSPS) is 12.2. The van der Waals surface area contributed by atoms with Crippen molar-refractivity contribution in [2.45, 2.75) is 38.3 Å². The van der Waals surface area contributed by atoms with E-state index in [0.29, 0.717) is 17.4 Å². The number of hydrogen-bond acceptors (Lipinski definition) is 4. The summed E-state index contributed by atoms with van der Waals surface area (Å²) >= 11 is 0. The van der Waals surface area contributed by atoms with E-state index in [9.17, 15) is 8.42 Å². The third-order valence-electron chi connectivity index (χ3n) is 3.98. The van der Waals surface area contributed by atoms with Crippen LogP contribution in [0.1, 0.15) is 23.4 Å². The van der Waals surface area contributed by atoms with Crippen LogP contribution in [-0.2, 0) is 22.9 Å². The molecule has 1 heterocycles. The molecule has 0 aliphatic heterocycles. The molecule has 0 spiro atoms. The van der Waals surface area contributed by atoms with Crippen LogP contribution in [0.25, 0.3) is 0 Å². The molecule has 0 amide bonds. The van der Waals surface area contributed by atoms with Crippen molar-refractivity contribution in [1.29, 1.82) is 0 Å². The smallest absolute Gasteiger partial charge is 0.191 e. The van der Waals surface area contributed by atoms with E-state index < -0.39 is 9.84 Å². The van der Waals surface area contributed by atoms with Crippen LogP contribution in [0.15, 0.2) is 40.2 Å². The molecule has 0 aliphatic rings. The van der Waals surface area contributed by atoms with Gasteiger partial charge in [0.2, 0.25) is 0 Å². The fraction of sp³-hybridized carbons (Fsp3) is 0.444. The van der Waals surface area contributed by atoms with Gasteiger partial charge < -0.3 is 10.6 Å². The number of benzene rings is 1. The maximum atomic E-state index is 11.5. The summed E-state index contributed by atoms with van der Waals surface area (Å²) < 4.78 is 25.0. The predicted molar refractivity (Wildman–Crippen MR) is 104 cm³/mol. The molecule has 2 aromatic rings. The topological polar surface area (TPSA) is 88.4 Å². The highest BCUT2D eigenvalue weighted by molar-refractivity contribution is 7.90. The molecule has 1 aromatic heterocycles. The van der Waals surface area contributed by atoms with Crippen LogP contribution in [0.3, 0.4) is 0 Å². The molecule has 26 heavy (non-hydrogen) atoms. The van der Waals surface area contributed by atoms with E-state index in [-0.39, 0.29) is 0 Å². The second kappa shape index (κ2) is 8.84. The highest BCUT2D eigenvalue weighted by Gasteiger charge is 2.06. The Labute approximate surface area is 155 Å². The molecular formula is C18H27N5O2S. The van der Waals surface area contributed by atoms with E-state index in [1.54, 1.807) is 31.3 Å². The van der Waals surface area contributed by atoms with E-state index in [2.05, 4.69) is 33.7 Å². The zero-order valence-corrected chi connectivity index (χ0v) is 16.6. The number of sulfone groups is 1. The lowest BCUT2D eigenvalue weighted by Gasteiger charge is -2.12. The summed E-state index contributed by atoms with van der Waals surface area (Å²) in [6, 6.07) is 8.93. The molecule has 2 rings (SSSR count). The van der Waals surface area contributed by atoms with Crippen molar-refractivity contribution in [2.75, 3.05) is 19.8 Å². The van der Waals surface area contributed by atoms with Crippen molar-refractivity contribution < 1.29 is 8.42 Å². The zero-order chi connectivity index (χ0) is 19.2. The molecule has 142 valence electrons. The molecule has 1 aromatic carbocycles. The molecule has 0 saturated heterocycles. The van der Waals surface area contributed by atoms with E-state index >= 15 is 0 Å². The molecule has 7 nitrogen and oxygen atoms in total. The quantitative estimate of drug-likeness (QED) is 0.435.